The van der Waals surface area contributed by atoms with Gasteiger partial charge < -0.3 is 10.2 Å². The average molecular weight is 516 g/mol. The molecule has 0 saturated carbocycles. The Hall–Kier alpha value is -3.52. The van der Waals surface area contributed by atoms with Gasteiger partial charge in [-0.25, -0.2) is 10.1 Å². The molecule has 0 fully saturated rings. The Bertz CT molecular complexity index is 1420. The summed E-state index contributed by atoms with van der Waals surface area (Å²) < 4.78 is 1.60. The van der Waals surface area contributed by atoms with Crippen molar-refractivity contribution < 1.29 is 15.0 Å². The molecule has 34 heavy (non-hydrogen) atoms. The number of benzene rings is 3. The summed E-state index contributed by atoms with van der Waals surface area (Å²) in [6.45, 7) is 1.77. The molecule has 172 valence electrons. The van der Waals surface area contributed by atoms with Crippen molar-refractivity contribution in [3.63, 3.8) is 0 Å². The van der Waals surface area contributed by atoms with Gasteiger partial charge in [-0.05, 0) is 49.4 Å². The van der Waals surface area contributed by atoms with E-state index in [0.717, 1.165) is 5.56 Å². The lowest BCUT2D eigenvalue weighted by Gasteiger charge is -2.10. The number of halogens is 3. The lowest BCUT2D eigenvalue weighted by Crippen LogP contribution is -2.19. The van der Waals surface area contributed by atoms with Crippen molar-refractivity contribution in [2.75, 3.05) is 0 Å². The highest BCUT2D eigenvalue weighted by Gasteiger charge is 2.22. The molecule has 0 unspecified atom stereocenters. The van der Waals surface area contributed by atoms with E-state index in [1.54, 1.807) is 41.9 Å². The van der Waals surface area contributed by atoms with Crippen LogP contribution < -0.4 is 5.43 Å². The normalized spacial score (nSPS) is 11.2. The van der Waals surface area contributed by atoms with Gasteiger partial charge in [0, 0.05) is 27.8 Å². The third-order valence-corrected chi connectivity index (χ3v) is 5.98. The van der Waals surface area contributed by atoms with Crippen molar-refractivity contribution >= 4 is 46.9 Å². The van der Waals surface area contributed by atoms with E-state index in [-0.39, 0.29) is 17.2 Å². The lowest BCUT2D eigenvalue weighted by molar-refractivity contribution is 0.0949. The summed E-state index contributed by atoms with van der Waals surface area (Å²) in [5, 5.41) is 29.0. The zero-order valence-electron chi connectivity index (χ0n) is 17.6. The molecule has 0 aliphatic carbocycles. The molecule has 1 amide bonds. The fourth-order valence-corrected chi connectivity index (χ4v) is 3.73. The Morgan fingerprint density at radius 2 is 1.74 bits per heavy atom. The van der Waals surface area contributed by atoms with Crippen LogP contribution in [0.3, 0.4) is 0 Å². The zero-order valence-corrected chi connectivity index (χ0v) is 19.9. The summed E-state index contributed by atoms with van der Waals surface area (Å²) in [6, 6.07) is 16.2. The number of phenols is 2. The fourth-order valence-electron chi connectivity index (χ4n) is 3.32. The first-order valence-electron chi connectivity index (χ1n) is 9.91. The van der Waals surface area contributed by atoms with E-state index >= 15 is 0 Å². The first-order valence-corrected chi connectivity index (χ1v) is 11.0. The van der Waals surface area contributed by atoms with Crippen LogP contribution in [0.1, 0.15) is 21.6 Å². The second kappa shape index (κ2) is 9.77. The number of carbonyl (C=O) groups is 1. The number of hydrazone groups is 1. The summed E-state index contributed by atoms with van der Waals surface area (Å²) in [4.78, 5) is 12.9. The van der Waals surface area contributed by atoms with Gasteiger partial charge in [0.1, 0.15) is 11.5 Å². The monoisotopic (exact) mass is 514 g/mol. The quantitative estimate of drug-likeness (QED) is 0.225. The summed E-state index contributed by atoms with van der Waals surface area (Å²) in [7, 11) is 0. The number of nitrogens with one attached hydrogen (secondary N) is 1. The third-order valence-electron chi connectivity index (χ3n) is 4.99. The lowest BCUT2D eigenvalue weighted by atomic mass is 10.1. The molecule has 0 saturated heterocycles. The average Bonchev–Trinajstić information content (AvgIpc) is 3.15. The number of nitrogens with zero attached hydrogens (tertiary/aromatic N) is 3. The first-order chi connectivity index (χ1) is 16.2. The van der Waals surface area contributed by atoms with Crippen molar-refractivity contribution in [3.8, 4) is 28.4 Å². The van der Waals surface area contributed by atoms with Gasteiger partial charge in [-0.15, -0.1) is 0 Å². The number of aromatic hydroxyl groups is 2. The summed E-state index contributed by atoms with van der Waals surface area (Å²) in [6.07, 6.45) is 1.26. The maximum Gasteiger partial charge on any atom is 0.292 e. The minimum Gasteiger partial charge on any atom is -0.508 e. The van der Waals surface area contributed by atoms with Crippen LogP contribution in [0, 0.1) is 6.92 Å². The zero-order chi connectivity index (χ0) is 24.4. The minimum absolute atomic E-state index is 0.0862. The van der Waals surface area contributed by atoms with E-state index in [0.29, 0.717) is 37.6 Å². The standard InChI is InChI=1S/C24H17Cl3N4O3/c1-13-22(24(34)29-28-12-15-4-8-18(32)11-21(15)33)30-31(17-7-9-19(26)20(27)10-17)23(13)14-2-5-16(25)6-3-14/h2-12,32-33H,1H3,(H,29,34)/b28-12+. The minimum atomic E-state index is -0.555. The molecule has 0 bridgehead atoms. The number of carbonyl (C=O) groups excluding carboxylic acids is 1. The van der Waals surface area contributed by atoms with Gasteiger partial charge in [0.25, 0.3) is 5.91 Å². The Morgan fingerprint density at radius 3 is 2.41 bits per heavy atom. The maximum atomic E-state index is 12.9. The fraction of sp³-hybridized carbons (Fsp3) is 0.0417. The number of aromatic nitrogens is 2. The van der Waals surface area contributed by atoms with Crippen LogP contribution in [-0.4, -0.2) is 32.1 Å². The van der Waals surface area contributed by atoms with Gasteiger partial charge in [-0.2, -0.15) is 10.2 Å². The number of phenolic OH excluding ortho intramolecular Hbond substituents is 2. The Morgan fingerprint density at radius 1 is 1.00 bits per heavy atom. The second-order valence-electron chi connectivity index (χ2n) is 7.28. The van der Waals surface area contributed by atoms with E-state index in [2.05, 4.69) is 15.6 Å². The summed E-state index contributed by atoms with van der Waals surface area (Å²) in [5.41, 5.74) is 5.55. The molecule has 0 atom stereocenters. The van der Waals surface area contributed by atoms with Gasteiger partial charge in [0.15, 0.2) is 5.69 Å². The predicted molar refractivity (Wildman–Crippen MR) is 134 cm³/mol. The van der Waals surface area contributed by atoms with Gasteiger partial charge in [0.05, 0.1) is 27.6 Å². The molecular weight excluding hydrogens is 499 g/mol. The second-order valence-corrected chi connectivity index (χ2v) is 8.53. The van der Waals surface area contributed by atoms with Crippen molar-refractivity contribution in [1.82, 2.24) is 15.2 Å². The molecule has 0 spiro atoms. The Labute approximate surface area is 209 Å². The van der Waals surface area contributed by atoms with Crippen molar-refractivity contribution in [2.45, 2.75) is 6.92 Å². The molecule has 0 radical (unpaired) electrons. The molecule has 0 aliphatic heterocycles. The Balaban J connectivity index is 1.72. The molecule has 4 rings (SSSR count). The molecule has 1 aromatic heterocycles. The number of amides is 1. The summed E-state index contributed by atoms with van der Waals surface area (Å²) >= 11 is 18.3. The summed E-state index contributed by atoms with van der Waals surface area (Å²) in [5.74, 6) is -0.818. The van der Waals surface area contributed by atoms with Gasteiger partial charge in [-0.1, -0.05) is 46.9 Å². The number of rotatable bonds is 5. The molecule has 0 aliphatic rings. The number of hydrogen-bond donors (Lipinski definition) is 3. The molecule has 7 nitrogen and oxygen atoms in total. The van der Waals surface area contributed by atoms with Crippen molar-refractivity contribution in [3.05, 3.63) is 92.6 Å². The highest BCUT2D eigenvalue weighted by atomic mass is 35.5. The highest BCUT2D eigenvalue weighted by Crippen LogP contribution is 2.32. The van der Waals surface area contributed by atoms with Crippen LogP contribution in [0.4, 0.5) is 0 Å². The van der Waals surface area contributed by atoms with Crippen molar-refractivity contribution in [1.29, 1.82) is 0 Å². The van der Waals surface area contributed by atoms with E-state index < -0.39 is 5.91 Å². The van der Waals surface area contributed by atoms with Crippen LogP contribution in [0.25, 0.3) is 16.9 Å². The van der Waals surface area contributed by atoms with Crippen LogP contribution >= 0.6 is 34.8 Å². The maximum absolute atomic E-state index is 12.9. The van der Waals surface area contributed by atoms with Gasteiger partial charge >= 0.3 is 0 Å². The van der Waals surface area contributed by atoms with Crippen molar-refractivity contribution in [2.24, 2.45) is 5.10 Å². The topological polar surface area (TPSA) is 99.7 Å². The Kier molecular flexibility index (Phi) is 6.79. The molecule has 3 aromatic carbocycles. The van der Waals surface area contributed by atoms with Crippen LogP contribution in [0.15, 0.2) is 65.8 Å². The van der Waals surface area contributed by atoms with Crippen LogP contribution in [0.2, 0.25) is 15.1 Å². The van der Waals surface area contributed by atoms with E-state index in [1.807, 2.05) is 12.1 Å². The predicted octanol–water partition coefficient (Wildman–Crippen LogP) is 5.98. The van der Waals surface area contributed by atoms with E-state index in [9.17, 15) is 15.0 Å². The smallest absolute Gasteiger partial charge is 0.292 e. The van der Waals surface area contributed by atoms with E-state index in [4.69, 9.17) is 34.8 Å². The van der Waals surface area contributed by atoms with Crippen LogP contribution in [0.5, 0.6) is 11.5 Å². The van der Waals surface area contributed by atoms with E-state index in [1.165, 1.54) is 24.4 Å². The third kappa shape index (κ3) is 4.87. The molecule has 1 heterocycles. The number of hydrogen-bond acceptors (Lipinski definition) is 5. The largest absolute Gasteiger partial charge is 0.508 e. The highest BCUT2D eigenvalue weighted by molar-refractivity contribution is 6.42. The van der Waals surface area contributed by atoms with Crippen LogP contribution in [-0.2, 0) is 0 Å². The SMILES string of the molecule is Cc1c(C(=O)N/N=C/c2ccc(O)cc2O)nn(-c2ccc(Cl)c(Cl)c2)c1-c1ccc(Cl)cc1. The molecule has 3 N–H and O–H groups in total. The van der Waals surface area contributed by atoms with Gasteiger partial charge in [0.2, 0.25) is 0 Å². The molecule has 10 heteroatoms. The molecular formula is C24H17Cl3N4O3. The first kappa shape index (κ1) is 23.6. The molecule has 4 aromatic rings. The van der Waals surface area contributed by atoms with Gasteiger partial charge in [-0.3, -0.25) is 4.79 Å².